The van der Waals surface area contributed by atoms with E-state index in [2.05, 4.69) is 26.6 Å². The van der Waals surface area contributed by atoms with E-state index in [0.717, 1.165) is 44.9 Å². The van der Waals surface area contributed by atoms with Gasteiger partial charge in [-0.25, -0.2) is 0 Å². The topological polar surface area (TPSA) is 43.4 Å². The molecule has 0 N–H and O–H groups in total. The fourth-order valence-electron chi connectivity index (χ4n) is 8.37. The molecular weight excluding hydrogens is 340 g/mol. The first-order valence-corrected chi connectivity index (χ1v) is 14.3. The van der Waals surface area contributed by atoms with Crippen molar-refractivity contribution in [2.24, 2.45) is 34.0 Å². The molecular formula is C22H34O3Si. The van der Waals surface area contributed by atoms with Crippen molar-refractivity contribution in [1.82, 2.24) is 0 Å². The van der Waals surface area contributed by atoms with Gasteiger partial charge < -0.3 is 4.43 Å². The number of rotatable bonds is 2. The number of hydrogen-bond acceptors (Lipinski definition) is 3. The Labute approximate surface area is 158 Å². The molecule has 0 aliphatic heterocycles. The number of Topliss-reactive ketones (excluding diaryl/α,β-unsaturated/α-hetero) is 2. The molecule has 5 fully saturated rings. The number of fused-ring (bicyclic) bond motifs is 3. The lowest BCUT2D eigenvalue weighted by Crippen LogP contribution is -2.49. The number of carbonyl (C=O) groups excluding carboxylic acids is 2. The van der Waals surface area contributed by atoms with Gasteiger partial charge in [0, 0.05) is 35.5 Å². The molecule has 0 heterocycles. The van der Waals surface area contributed by atoms with Crippen molar-refractivity contribution < 1.29 is 14.0 Å². The van der Waals surface area contributed by atoms with E-state index in [-0.39, 0.29) is 16.2 Å². The summed E-state index contributed by atoms with van der Waals surface area (Å²) in [6.45, 7) is 9.15. The normalized spacial score (nSPS) is 52.8. The van der Waals surface area contributed by atoms with Gasteiger partial charge in [-0.15, -0.1) is 0 Å². The van der Waals surface area contributed by atoms with E-state index < -0.39 is 8.32 Å². The van der Waals surface area contributed by atoms with Crippen LogP contribution in [0.4, 0.5) is 0 Å². The van der Waals surface area contributed by atoms with Gasteiger partial charge in [-0.05, 0) is 75.9 Å². The number of hydrogen-bond donors (Lipinski definition) is 0. The van der Waals surface area contributed by atoms with Crippen molar-refractivity contribution in [3.8, 4) is 0 Å². The molecule has 0 bridgehead atoms. The van der Waals surface area contributed by atoms with E-state index in [0.29, 0.717) is 35.4 Å². The summed E-state index contributed by atoms with van der Waals surface area (Å²) in [5, 5.41) is 0. The summed E-state index contributed by atoms with van der Waals surface area (Å²) in [5.41, 5.74) is 0.365. The first-order chi connectivity index (χ1) is 12.1. The highest BCUT2D eigenvalue weighted by Gasteiger charge is 2.83. The molecule has 5 rings (SSSR count). The average molecular weight is 375 g/mol. The maximum Gasteiger partial charge on any atom is 0.184 e. The largest absolute Gasteiger partial charge is 0.414 e. The fraction of sp³-hybridized carbons (Fsp3) is 0.909. The molecule has 0 spiro atoms. The minimum absolute atomic E-state index is 0.0493. The minimum atomic E-state index is -1.64. The van der Waals surface area contributed by atoms with Gasteiger partial charge in [-0.1, -0.05) is 6.92 Å². The van der Waals surface area contributed by atoms with Gasteiger partial charge in [0.25, 0.3) is 0 Å². The summed E-state index contributed by atoms with van der Waals surface area (Å²) in [5.74, 6) is 2.97. The van der Waals surface area contributed by atoms with Crippen molar-refractivity contribution in [3.63, 3.8) is 0 Å². The van der Waals surface area contributed by atoms with Crippen molar-refractivity contribution in [1.29, 1.82) is 0 Å². The first-order valence-electron chi connectivity index (χ1n) is 10.9. The Morgan fingerprint density at radius 2 is 1.73 bits per heavy atom. The van der Waals surface area contributed by atoms with Gasteiger partial charge in [0.15, 0.2) is 8.32 Å². The summed E-state index contributed by atoms with van der Waals surface area (Å²) in [4.78, 5) is 25.0. The molecule has 1 unspecified atom stereocenters. The second-order valence-corrected chi connectivity index (χ2v) is 15.8. The van der Waals surface area contributed by atoms with Crippen LogP contribution in [0.2, 0.25) is 19.6 Å². The van der Waals surface area contributed by atoms with Crippen LogP contribution in [0, 0.1) is 34.0 Å². The molecule has 4 heteroatoms. The van der Waals surface area contributed by atoms with Gasteiger partial charge in [0.05, 0.1) is 6.10 Å². The summed E-state index contributed by atoms with van der Waals surface area (Å²) >= 11 is 0. The molecule has 3 nitrogen and oxygen atoms in total. The Bertz CT molecular complexity index is 681. The van der Waals surface area contributed by atoms with Crippen LogP contribution >= 0.6 is 0 Å². The van der Waals surface area contributed by atoms with Crippen LogP contribution < -0.4 is 0 Å². The van der Waals surface area contributed by atoms with E-state index in [4.69, 9.17) is 4.43 Å². The minimum Gasteiger partial charge on any atom is -0.414 e. The molecule has 0 radical (unpaired) electrons. The zero-order valence-corrected chi connectivity index (χ0v) is 17.9. The van der Waals surface area contributed by atoms with E-state index in [9.17, 15) is 9.59 Å². The Morgan fingerprint density at radius 3 is 2.46 bits per heavy atom. The lowest BCUT2D eigenvalue weighted by Gasteiger charge is -2.53. The SMILES string of the molecule is C[C@]12CC[C@H]3[C@@H](CC[C@]45CC(=O)CC[C@]34C5O[Si](C)(C)C)[C@@H]1CCC2=O. The van der Waals surface area contributed by atoms with E-state index in [1.54, 1.807) is 0 Å². The zero-order chi connectivity index (χ0) is 18.5. The van der Waals surface area contributed by atoms with Crippen LogP contribution in [0.15, 0.2) is 0 Å². The lowest BCUT2D eigenvalue weighted by atomic mass is 9.50. The maximum atomic E-state index is 12.6. The first kappa shape index (κ1) is 17.6. The third-order valence-corrected chi connectivity index (χ3v) is 10.3. The van der Waals surface area contributed by atoms with Gasteiger partial charge >= 0.3 is 0 Å². The van der Waals surface area contributed by atoms with Crippen LogP contribution in [-0.4, -0.2) is 26.0 Å². The molecule has 0 aromatic rings. The van der Waals surface area contributed by atoms with Crippen LogP contribution in [-0.2, 0) is 14.0 Å². The highest BCUT2D eigenvalue weighted by molar-refractivity contribution is 6.69. The van der Waals surface area contributed by atoms with Crippen LogP contribution in [0.3, 0.4) is 0 Å². The van der Waals surface area contributed by atoms with Gasteiger partial charge in [0.1, 0.15) is 11.6 Å². The van der Waals surface area contributed by atoms with E-state index >= 15 is 0 Å². The second-order valence-electron chi connectivity index (χ2n) is 11.4. The van der Waals surface area contributed by atoms with Crippen molar-refractivity contribution in [2.75, 3.05) is 0 Å². The highest BCUT2D eigenvalue weighted by atomic mass is 28.4. The average Bonchev–Trinajstić information content (AvgIpc) is 2.98. The summed E-state index contributed by atoms with van der Waals surface area (Å²) < 4.78 is 6.80. The maximum absolute atomic E-state index is 12.6. The molecule has 0 amide bonds. The molecule has 7 atom stereocenters. The smallest absolute Gasteiger partial charge is 0.184 e. The predicted molar refractivity (Wildman–Crippen MR) is 103 cm³/mol. The van der Waals surface area contributed by atoms with Crippen LogP contribution in [0.1, 0.15) is 64.7 Å². The fourth-order valence-corrected chi connectivity index (χ4v) is 9.51. The third kappa shape index (κ3) is 1.98. The molecule has 5 aliphatic rings. The molecule has 26 heavy (non-hydrogen) atoms. The predicted octanol–water partition coefficient (Wildman–Crippen LogP) is 4.75. The van der Waals surface area contributed by atoms with Crippen molar-refractivity contribution in [3.05, 3.63) is 0 Å². The lowest BCUT2D eigenvalue weighted by molar-refractivity contribution is -0.134. The molecule has 5 saturated carbocycles. The summed E-state index contributed by atoms with van der Waals surface area (Å²) in [7, 11) is -1.64. The second kappa shape index (κ2) is 5.11. The van der Waals surface area contributed by atoms with Crippen molar-refractivity contribution >= 4 is 19.9 Å². The van der Waals surface area contributed by atoms with Crippen LogP contribution in [0.5, 0.6) is 0 Å². The van der Waals surface area contributed by atoms with E-state index in [1.807, 2.05) is 0 Å². The summed E-state index contributed by atoms with van der Waals surface area (Å²) in [6.07, 6.45) is 9.46. The Hall–Kier alpha value is -0.483. The third-order valence-electron chi connectivity index (χ3n) is 9.35. The highest BCUT2D eigenvalue weighted by Crippen LogP contribution is 2.83. The van der Waals surface area contributed by atoms with Gasteiger partial charge in [0.2, 0.25) is 0 Å². The molecule has 0 aromatic carbocycles. The molecule has 0 aromatic heterocycles. The van der Waals surface area contributed by atoms with Gasteiger partial charge in [-0.2, -0.15) is 0 Å². The molecule has 0 saturated heterocycles. The zero-order valence-electron chi connectivity index (χ0n) is 16.9. The Balaban J connectivity index is 1.52. The molecule has 5 aliphatic carbocycles. The van der Waals surface area contributed by atoms with Gasteiger partial charge in [-0.3, -0.25) is 9.59 Å². The summed E-state index contributed by atoms with van der Waals surface area (Å²) in [6, 6.07) is 0. The number of carbonyl (C=O) groups is 2. The standard InChI is InChI=1S/C22H34O3Si/c1-20-10-9-17-15(16(20)5-6-18(20)24)8-11-21-13-14(23)7-12-22(17,21)19(21)25-26(2,3)4/h15-17,19H,5-13H2,1-4H3/t15-,16-,17-,19?,20-,21+,22+/m0/s1. The number of ketones is 2. The Morgan fingerprint density at radius 1 is 0.962 bits per heavy atom. The van der Waals surface area contributed by atoms with E-state index in [1.165, 1.54) is 12.8 Å². The monoisotopic (exact) mass is 374 g/mol. The quantitative estimate of drug-likeness (QED) is 0.655. The Kier molecular flexibility index (Phi) is 3.46. The van der Waals surface area contributed by atoms with Crippen molar-refractivity contribution in [2.45, 2.75) is 90.5 Å². The molecule has 144 valence electrons. The van der Waals surface area contributed by atoms with Crippen LogP contribution in [0.25, 0.3) is 0 Å².